The van der Waals surface area contributed by atoms with Crippen molar-refractivity contribution in [3.63, 3.8) is 0 Å². The van der Waals surface area contributed by atoms with Gasteiger partial charge in [-0.15, -0.1) is 0 Å². The predicted octanol–water partition coefficient (Wildman–Crippen LogP) is 4.06. The summed E-state index contributed by atoms with van der Waals surface area (Å²) in [7, 11) is 0. The Hall–Kier alpha value is -2.67. The fraction of sp³-hybridized carbons (Fsp3) is 0.385. The first kappa shape index (κ1) is 22.1. The van der Waals surface area contributed by atoms with Crippen LogP contribution in [-0.2, 0) is 15.9 Å². The van der Waals surface area contributed by atoms with Crippen molar-refractivity contribution >= 4 is 34.0 Å². The number of fused-ring (bicyclic) bond motifs is 1. The number of pyridine rings is 1. The maximum atomic E-state index is 13.5. The molecule has 2 aliphatic heterocycles. The number of ether oxygens (including phenoxy) is 2. The van der Waals surface area contributed by atoms with E-state index in [1.54, 1.807) is 0 Å². The van der Waals surface area contributed by atoms with Crippen molar-refractivity contribution in [2.75, 3.05) is 57.5 Å². The van der Waals surface area contributed by atoms with Gasteiger partial charge in [0.2, 0.25) is 0 Å². The molecule has 0 saturated carbocycles. The molecule has 0 radical (unpaired) electrons. The van der Waals surface area contributed by atoms with Crippen LogP contribution in [0.5, 0.6) is 0 Å². The van der Waals surface area contributed by atoms with E-state index in [4.69, 9.17) is 21.1 Å². The van der Waals surface area contributed by atoms with Crippen LogP contribution in [0.15, 0.2) is 54.9 Å². The van der Waals surface area contributed by atoms with Crippen LogP contribution in [0.4, 0.5) is 5.69 Å². The molecule has 0 aliphatic carbocycles. The number of hydrogen-bond donors (Lipinski definition) is 0. The molecule has 2 aromatic carbocycles. The van der Waals surface area contributed by atoms with Gasteiger partial charge in [0.1, 0.15) is 0 Å². The van der Waals surface area contributed by atoms with Crippen LogP contribution in [0.25, 0.3) is 10.8 Å². The van der Waals surface area contributed by atoms with Crippen LogP contribution >= 0.6 is 11.6 Å². The van der Waals surface area contributed by atoms with Crippen LogP contribution in [-0.4, -0.2) is 68.4 Å². The smallest absolute Gasteiger partial charge is 0.254 e. The van der Waals surface area contributed by atoms with Gasteiger partial charge in [-0.2, -0.15) is 0 Å². The Labute approximate surface area is 199 Å². The zero-order chi connectivity index (χ0) is 22.6. The van der Waals surface area contributed by atoms with Gasteiger partial charge < -0.3 is 19.3 Å². The third-order valence-corrected chi connectivity index (χ3v) is 6.77. The van der Waals surface area contributed by atoms with Crippen LogP contribution < -0.4 is 4.90 Å². The Morgan fingerprint density at radius 3 is 2.79 bits per heavy atom. The summed E-state index contributed by atoms with van der Waals surface area (Å²) >= 11 is 6.47. The number of benzene rings is 2. The van der Waals surface area contributed by atoms with Crippen molar-refractivity contribution < 1.29 is 14.3 Å². The van der Waals surface area contributed by atoms with Crippen LogP contribution in [0.1, 0.15) is 15.9 Å². The molecule has 7 heteroatoms. The van der Waals surface area contributed by atoms with E-state index in [9.17, 15) is 4.79 Å². The third kappa shape index (κ3) is 4.98. The molecule has 3 aromatic rings. The molecule has 0 spiro atoms. The number of amides is 1. The van der Waals surface area contributed by atoms with Crippen molar-refractivity contribution in [1.82, 2.24) is 9.88 Å². The zero-order valence-corrected chi connectivity index (χ0v) is 19.3. The van der Waals surface area contributed by atoms with Gasteiger partial charge in [0.25, 0.3) is 5.91 Å². The summed E-state index contributed by atoms with van der Waals surface area (Å²) in [6.45, 7) is 5.32. The lowest BCUT2D eigenvalue weighted by Crippen LogP contribution is -2.38. The van der Waals surface area contributed by atoms with Crippen LogP contribution in [0.3, 0.4) is 0 Å². The zero-order valence-electron chi connectivity index (χ0n) is 18.6. The van der Waals surface area contributed by atoms with E-state index in [-0.39, 0.29) is 11.8 Å². The monoisotopic (exact) mass is 465 g/mol. The summed E-state index contributed by atoms with van der Waals surface area (Å²) in [6.07, 6.45) is 4.58. The molecular formula is C26H28ClN3O3. The van der Waals surface area contributed by atoms with Gasteiger partial charge in [0, 0.05) is 55.4 Å². The lowest BCUT2D eigenvalue weighted by Gasteiger charge is -2.30. The maximum absolute atomic E-state index is 13.5. The van der Waals surface area contributed by atoms with Crippen molar-refractivity contribution in [2.45, 2.75) is 6.42 Å². The topological polar surface area (TPSA) is 54.9 Å². The molecule has 3 heterocycles. The molecule has 2 saturated heterocycles. The molecule has 2 fully saturated rings. The molecule has 1 atom stereocenters. The quantitative estimate of drug-likeness (QED) is 0.581. The molecule has 0 bridgehead atoms. The summed E-state index contributed by atoms with van der Waals surface area (Å²) in [5, 5.41) is 3.01. The lowest BCUT2D eigenvalue weighted by molar-refractivity contribution is 0.0737. The Bertz CT molecular complexity index is 1130. The van der Waals surface area contributed by atoms with Crippen molar-refractivity contribution in [1.29, 1.82) is 0 Å². The van der Waals surface area contributed by atoms with Crippen LogP contribution in [0.2, 0.25) is 5.02 Å². The van der Waals surface area contributed by atoms with Crippen molar-refractivity contribution in [3.05, 3.63) is 71.0 Å². The normalized spacial score (nSPS) is 19.5. The average Bonchev–Trinajstić information content (AvgIpc) is 3.10. The summed E-state index contributed by atoms with van der Waals surface area (Å²) in [4.78, 5) is 21.9. The Morgan fingerprint density at radius 1 is 1.06 bits per heavy atom. The number of carbonyl (C=O) groups is 1. The molecule has 1 amide bonds. The number of hydrogen-bond acceptors (Lipinski definition) is 5. The minimum absolute atomic E-state index is 0.0243. The molecule has 6 nitrogen and oxygen atoms in total. The number of halogens is 1. The standard InChI is InChI=1S/C26H28ClN3O3/c27-24-5-4-22(15-25(24)29-8-11-32-12-9-29)26(31)30-10-13-33-18-19(17-30)14-21-3-1-2-20-6-7-28-16-23(20)21/h1-7,15-16,19H,8-14,17-18H2/t19-/m1/s1. The summed E-state index contributed by atoms with van der Waals surface area (Å²) in [5.74, 6) is 0.240. The highest BCUT2D eigenvalue weighted by Gasteiger charge is 2.25. The molecule has 0 unspecified atom stereocenters. The largest absolute Gasteiger partial charge is 0.379 e. The second-order valence-corrected chi connectivity index (χ2v) is 9.08. The Morgan fingerprint density at radius 2 is 1.91 bits per heavy atom. The number of rotatable bonds is 4. The molecule has 1 aromatic heterocycles. The first-order valence-corrected chi connectivity index (χ1v) is 11.9. The highest BCUT2D eigenvalue weighted by Crippen LogP contribution is 2.29. The van der Waals surface area contributed by atoms with E-state index < -0.39 is 0 Å². The third-order valence-electron chi connectivity index (χ3n) is 6.45. The first-order chi connectivity index (χ1) is 16.2. The van der Waals surface area contributed by atoms with E-state index in [2.05, 4.69) is 28.1 Å². The minimum Gasteiger partial charge on any atom is -0.379 e. The number of carbonyl (C=O) groups excluding carboxylic acids is 1. The summed E-state index contributed by atoms with van der Waals surface area (Å²) in [5.41, 5.74) is 2.80. The highest BCUT2D eigenvalue weighted by atomic mass is 35.5. The fourth-order valence-corrected chi connectivity index (χ4v) is 4.97. The van der Waals surface area contributed by atoms with Gasteiger partial charge in [-0.25, -0.2) is 0 Å². The first-order valence-electron chi connectivity index (χ1n) is 11.5. The Kier molecular flexibility index (Phi) is 6.76. The van der Waals surface area contributed by atoms with Gasteiger partial charge >= 0.3 is 0 Å². The van der Waals surface area contributed by atoms with Gasteiger partial charge in [-0.05, 0) is 41.6 Å². The highest BCUT2D eigenvalue weighted by molar-refractivity contribution is 6.33. The van der Waals surface area contributed by atoms with Crippen molar-refractivity contribution in [2.24, 2.45) is 5.92 Å². The second-order valence-electron chi connectivity index (χ2n) is 8.68. The van der Waals surface area contributed by atoms with Crippen molar-refractivity contribution in [3.8, 4) is 0 Å². The summed E-state index contributed by atoms with van der Waals surface area (Å²) < 4.78 is 11.4. The number of morpholine rings is 1. The van der Waals surface area contributed by atoms with E-state index in [0.717, 1.165) is 30.6 Å². The minimum atomic E-state index is 0.0243. The van der Waals surface area contributed by atoms with Gasteiger partial charge in [-0.1, -0.05) is 29.8 Å². The fourth-order valence-electron chi connectivity index (χ4n) is 4.73. The molecule has 2 aliphatic rings. The summed E-state index contributed by atoms with van der Waals surface area (Å²) in [6, 6.07) is 13.9. The Balaban J connectivity index is 1.34. The maximum Gasteiger partial charge on any atom is 0.254 e. The van der Waals surface area contributed by atoms with Gasteiger partial charge in [0.05, 0.1) is 37.1 Å². The molecule has 33 heavy (non-hydrogen) atoms. The van der Waals surface area contributed by atoms with Crippen LogP contribution in [0, 0.1) is 5.92 Å². The molecular weight excluding hydrogens is 438 g/mol. The molecule has 172 valence electrons. The second kappa shape index (κ2) is 10.1. The van der Waals surface area contributed by atoms with Gasteiger partial charge in [0.15, 0.2) is 0 Å². The van der Waals surface area contributed by atoms with E-state index >= 15 is 0 Å². The lowest BCUT2D eigenvalue weighted by atomic mass is 9.95. The predicted molar refractivity (Wildman–Crippen MR) is 130 cm³/mol. The molecule has 0 N–H and O–H groups in total. The van der Waals surface area contributed by atoms with Gasteiger partial charge in [-0.3, -0.25) is 9.78 Å². The van der Waals surface area contributed by atoms with E-state index in [1.165, 1.54) is 10.9 Å². The molecule has 5 rings (SSSR count). The van der Waals surface area contributed by atoms with E-state index in [0.29, 0.717) is 50.1 Å². The SMILES string of the molecule is O=C(c1ccc(Cl)c(N2CCOCC2)c1)N1CCOC[C@H](Cc2cccc3ccncc23)C1. The number of nitrogens with zero attached hydrogens (tertiary/aromatic N) is 3. The number of aromatic nitrogens is 1. The number of anilines is 1. The van der Waals surface area contributed by atoms with E-state index in [1.807, 2.05) is 41.6 Å². The average molecular weight is 466 g/mol.